The van der Waals surface area contributed by atoms with Gasteiger partial charge in [-0.3, -0.25) is 76.7 Å². The van der Waals surface area contributed by atoms with E-state index in [1.54, 1.807) is 55.4 Å². The summed E-state index contributed by atoms with van der Waals surface area (Å²) in [5, 5.41) is 138. The van der Waals surface area contributed by atoms with E-state index in [1.807, 2.05) is 0 Å². The predicted molar refractivity (Wildman–Crippen MR) is 436 cm³/mol. The molecule has 2 heterocycles. The van der Waals surface area contributed by atoms with Crippen molar-refractivity contribution < 1.29 is 185 Å². The second-order valence-electron chi connectivity index (χ2n) is 24.2. The Bertz CT molecular complexity index is 2500. The molecule has 57 heteroatoms. The molecule has 0 bridgehead atoms. The number of hydrogen-bond acceptors (Lipinski definition) is 40. The van der Waals surface area contributed by atoms with Crippen LogP contribution in [0.3, 0.4) is 0 Å². The zero-order valence-corrected chi connectivity index (χ0v) is 72.0. The minimum absolute atomic E-state index is 0. The molecule has 1 radical (unpaired) electrons. The second-order valence-corrected chi connectivity index (χ2v) is 25.7. The fourth-order valence-corrected chi connectivity index (χ4v) is 4.69. The Morgan fingerprint density at radius 1 is 0.328 bits per heavy atom. The molecule has 119 heavy (non-hydrogen) atoms. The minimum Gasteiger partial charge on any atom is -0.548 e. The summed E-state index contributed by atoms with van der Waals surface area (Å²) >= 11 is 14.5. The van der Waals surface area contributed by atoms with Crippen LogP contribution in [0.2, 0.25) is 0 Å². The molecule has 0 aromatic heterocycles. The van der Waals surface area contributed by atoms with Crippen molar-refractivity contribution in [2.45, 2.75) is 205 Å². The zero-order valence-electron chi connectivity index (χ0n) is 67.5. The van der Waals surface area contributed by atoms with Crippen molar-refractivity contribution in [3.05, 3.63) is 0 Å². The van der Waals surface area contributed by atoms with Gasteiger partial charge in [0.25, 0.3) is 0 Å². The first-order valence-electron chi connectivity index (χ1n) is 34.0. The quantitative estimate of drug-likeness (QED) is 0.0235. The molecule has 52 nitrogen and oxygen atoms in total. The van der Waals surface area contributed by atoms with Crippen LogP contribution >= 0.6 is 50.5 Å². The smallest absolute Gasteiger partial charge is 0.548 e. The van der Waals surface area contributed by atoms with Crippen LogP contribution in [0.25, 0.3) is 0 Å². The first-order chi connectivity index (χ1) is 53.4. The van der Waals surface area contributed by atoms with E-state index in [9.17, 15) is 96.5 Å². The Kier molecular flexibility index (Phi) is 114. The molecule has 0 aromatic carbocycles. The van der Waals surface area contributed by atoms with Crippen molar-refractivity contribution in [3.63, 3.8) is 0 Å². The third kappa shape index (κ3) is 128. The number of nitrogens with two attached hydrogens (primary N) is 16. The molecule has 2 aliphatic rings. The molecule has 14 atom stereocenters. The number of thiol groups is 4. The number of nitrogens with one attached hydrogen (secondary N) is 2. The Balaban J connectivity index is -0.0000000748. The molecule has 2 saturated heterocycles. The van der Waals surface area contributed by atoms with E-state index in [-0.39, 0.29) is 115 Å². The fourth-order valence-electron chi connectivity index (χ4n) is 4.08. The van der Waals surface area contributed by atoms with Crippen molar-refractivity contribution in [1.82, 2.24) is 10.6 Å². The van der Waals surface area contributed by atoms with Gasteiger partial charge in [0.05, 0.1) is 37.1 Å². The summed E-state index contributed by atoms with van der Waals surface area (Å²) in [4.78, 5) is 177. The van der Waals surface area contributed by atoms with Crippen LogP contribution in [-0.2, 0) is 103 Å². The fraction of sp³-hybridized carbons (Fsp3) is 0.710. The molecule has 0 aliphatic carbocycles. The largest absolute Gasteiger partial charge is 2.00 e. The molecule has 2 fully saturated rings. The van der Waals surface area contributed by atoms with E-state index >= 15 is 0 Å². The Morgan fingerprint density at radius 2 is 0.496 bits per heavy atom. The number of amides is 2. The van der Waals surface area contributed by atoms with Gasteiger partial charge in [0.1, 0.15) is 72.5 Å². The van der Waals surface area contributed by atoms with Crippen molar-refractivity contribution in [2.75, 3.05) is 49.2 Å². The maximum Gasteiger partial charge on any atom is 2.00 e. The SMILES string of the molecule is CC(C)[C@H](N)C(=O)O.CC(C)[C@H](N)C(=O)O.CC(C)[C@H](N)C(=O)O.CC(C)[C@H](N)C(=O)O.C[C@H](N)C(=O)O.C[C@H](N)C(=O)O.NC(=O)CC[C@H](N)C(=O)O.NC(=O)CC[C@H](N)C(=O)O.NCC(=O)O.NCC(=O)O.N[C@@H](CS)C(=O)O.N[C@@H](CS)C(=O)O.N[C@@H](CS)C(=O)[O-].N[C@@H](CS)C(=O)[O-].O=C(O)[C@@H]1CCCN1.O=C(O)[C@@H]1CCCN1.[Cu+2]. The van der Waals surface area contributed by atoms with Crippen LogP contribution in [0, 0.1) is 23.7 Å². The average molecular weight is 1870 g/mol. The molecule has 2 amide bonds. The molecule has 0 saturated carbocycles. The molecule has 709 valence electrons. The maximum absolute atomic E-state index is 10.1. The number of primary amides is 2. The van der Waals surface area contributed by atoms with Gasteiger partial charge in [-0.05, 0) is 89.1 Å². The van der Waals surface area contributed by atoms with E-state index < -0.39 is 180 Å². The zero-order chi connectivity index (χ0) is 97.5. The van der Waals surface area contributed by atoms with E-state index in [0.29, 0.717) is 0 Å². The number of carbonyl (C=O) groups excluding carboxylic acids is 4. The monoisotopic (exact) mass is 1860 g/mol. The minimum atomic E-state index is -1.25. The average Bonchev–Trinajstić information content (AvgIpc) is 1.84. The third-order valence-electron chi connectivity index (χ3n) is 11.9. The van der Waals surface area contributed by atoms with Gasteiger partial charge in [0, 0.05) is 35.9 Å². The number of hydrogen-bond donors (Lipinski definition) is 36. The number of carboxylic acids is 16. The normalized spacial score (nSPS) is 14.8. The molecule has 0 spiro atoms. The van der Waals surface area contributed by atoms with Crippen molar-refractivity contribution in [3.8, 4) is 0 Å². The number of carboxylic acid groups (broad SMARTS) is 16. The predicted octanol–water partition coefficient (Wildman–Crippen LogP) is -11.3. The van der Waals surface area contributed by atoms with Gasteiger partial charge in [0.15, 0.2) is 0 Å². The summed E-state index contributed by atoms with van der Waals surface area (Å²) in [6, 6.07) is -10.3. The number of aliphatic carboxylic acids is 16. The van der Waals surface area contributed by atoms with Gasteiger partial charge in [-0.2, -0.15) is 50.5 Å². The summed E-state index contributed by atoms with van der Waals surface area (Å²) in [6.07, 6.45) is 3.81. The Labute approximate surface area is 719 Å². The van der Waals surface area contributed by atoms with Crippen molar-refractivity contribution in [1.29, 1.82) is 0 Å². The standard InChI is InChI=1S/2C5H10N2O3.2C5H9NO2.4C5H11NO2.4C3H7NO2S.2C3H7NO2.2C2H5NO2.Cu/c2*6-3(5(9)10)1-2-4(7)8;2*7-5(8)4-2-1-3-6-4;4*1-3(2)4(6)5(7)8;4*4-2(1-7)3(5)6;2*1-2(4)3(5)6;2*3-1-2(4)5;/h2*3H,1-2,6H2,(H2,7,8)(H,9,10);2*4,6H,1-3H2,(H,7,8);4*3-4H,6H2,1-2H3,(H,7,8);4*2,7H,1,4H2,(H,5,6);2*2H,4H2,1H3,(H,5,6);2*1,3H2,(H,4,5);/q;;;;;;;;;;;;;;;;+2/p-2/t2*3-;6*4-;6*2-;;;/m00000000000000.../s1. The van der Waals surface area contributed by atoms with Crippen LogP contribution in [0.1, 0.15) is 121 Å². The summed E-state index contributed by atoms with van der Waals surface area (Å²) < 4.78 is 0. The molecule has 0 aromatic rings. The Morgan fingerprint density at radius 3 is 0.538 bits per heavy atom. The van der Waals surface area contributed by atoms with Gasteiger partial charge in [-0.1, -0.05) is 55.4 Å². The topological polar surface area (TPSA) is 1080 Å². The summed E-state index contributed by atoms with van der Waals surface area (Å²) in [5.74, 6) is -16.1. The molecule has 0 unspecified atom stereocenters. The summed E-state index contributed by atoms with van der Waals surface area (Å²) in [7, 11) is 0. The van der Waals surface area contributed by atoms with Crippen LogP contribution in [0.4, 0.5) is 0 Å². The summed E-state index contributed by atoms with van der Waals surface area (Å²) in [5.41, 5.74) is 78.7. The van der Waals surface area contributed by atoms with E-state index in [1.165, 1.54) is 13.8 Å². The van der Waals surface area contributed by atoms with Crippen LogP contribution < -0.4 is 113 Å². The number of carbonyl (C=O) groups is 18. The van der Waals surface area contributed by atoms with E-state index in [2.05, 4.69) is 72.6 Å². The van der Waals surface area contributed by atoms with E-state index in [4.69, 9.17) is 152 Å². The van der Waals surface area contributed by atoms with Gasteiger partial charge in [0.2, 0.25) is 11.8 Å². The summed E-state index contributed by atoms with van der Waals surface area (Å²) in [6.45, 7) is 18.2. The molecule has 2 rings (SSSR count). The maximum atomic E-state index is 10.1. The van der Waals surface area contributed by atoms with Crippen LogP contribution in [0.5, 0.6) is 0 Å². The van der Waals surface area contributed by atoms with Gasteiger partial charge in [-0.15, -0.1) is 0 Å². The molecular formula is C62H132CuN18O34S4. The van der Waals surface area contributed by atoms with Crippen molar-refractivity contribution in [2.24, 2.45) is 115 Å². The molecule has 48 N–H and O–H groups in total. The Hall–Kier alpha value is -8.26. The van der Waals surface area contributed by atoms with E-state index in [0.717, 1.165) is 38.8 Å². The van der Waals surface area contributed by atoms with Gasteiger partial charge in [-0.25, -0.2) is 0 Å². The third-order valence-corrected chi connectivity index (χ3v) is 13.5. The van der Waals surface area contributed by atoms with Gasteiger partial charge >= 0.3 is 101 Å². The molecular weight excluding hydrogens is 1730 g/mol. The van der Waals surface area contributed by atoms with Crippen molar-refractivity contribution >= 4 is 158 Å². The van der Waals surface area contributed by atoms with Crippen LogP contribution in [-0.4, -0.2) is 313 Å². The van der Waals surface area contributed by atoms with Gasteiger partial charge < -0.3 is 194 Å². The second kappa shape index (κ2) is 93.6. The number of rotatable bonds is 30. The first-order valence-corrected chi connectivity index (χ1v) is 36.5. The molecule has 2 aliphatic heterocycles. The first kappa shape index (κ1) is 145. The van der Waals surface area contributed by atoms with Crippen LogP contribution in [0.15, 0.2) is 0 Å².